The summed E-state index contributed by atoms with van der Waals surface area (Å²) < 4.78 is 14.4. The second kappa shape index (κ2) is 8.91. The van der Waals surface area contributed by atoms with Crippen LogP contribution in [0.5, 0.6) is 0 Å². The maximum atomic E-state index is 11.0. The third-order valence-corrected chi connectivity index (χ3v) is 1.91. The largest absolute Gasteiger partial charge is 0.458 e. The van der Waals surface area contributed by atoms with Crippen molar-refractivity contribution in [1.82, 2.24) is 0 Å². The van der Waals surface area contributed by atoms with Crippen LogP contribution in [0.2, 0.25) is 0 Å². The Morgan fingerprint density at radius 2 is 1.58 bits per heavy atom. The summed E-state index contributed by atoms with van der Waals surface area (Å²) in [6.07, 6.45) is 3.62. The fourth-order valence-electron chi connectivity index (χ4n) is 1.17. The molecule has 0 aromatic heterocycles. The van der Waals surface area contributed by atoms with E-state index in [1.807, 2.05) is 0 Å². The number of rotatable bonds is 6. The summed E-state index contributed by atoms with van der Waals surface area (Å²) in [5.74, 6) is -1.44. The molecule has 0 bridgehead atoms. The fourth-order valence-corrected chi connectivity index (χ4v) is 1.17. The smallest absolute Gasteiger partial charge is 0.307 e. The lowest BCUT2D eigenvalue weighted by Crippen LogP contribution is -2.17. The molecule has 6 heteroatoms. The van der Waals surface area contributed by atoms with Gasteiger partial charge in [-0.05, 0) is 12.5 Å². The van der Waals surface area contributed by atoms with Crippen molar-refractivity contribution < 1.29 is 28.6 Å². The van der Waals surface area contributed by atoms with Crippen molar-refractivity contribution in [3.63, 3.8) is 0 Å². The Labute approximate surface area is 112 Å². The van der Waals surface area contributed by atoms with Gasteiger partial charge in [0.25, 0.3) is 0 Å². The number of carbonyl (C=O) groups is 3. The van der Waals surface area contributed by atoms with Crippen molar-refractivity contribution in [3.05, 3.63) is 24.2 Å². The van der Waals surface area contributed by atoms with Gasteiger partial charge in [0.2, 0.25) is 0 Å². The van der Waals surface area contributed by atoms with E-state index in [-0.39, 0.29) is 0 Å². The molecule has 0 saturated carbocycles. The van der Waals surface area contributed by atoms with Gasteiger partial charge in [-0.25, -0.2) is 0 Å². The van der Waals surface area contributed by atoms with Crippen LogP contribution in [0.25, 0.3) is 0 Å². The first kappa shape index (κ1) is 16.9. The Bertz CT molecular complexity index is 394. The minimum Gasteiger partial charge on any atom is -0.458 e. The van der Waals surface area contributed by atoms with Gasteiger partial charge in [0, 0.05) is 26.3 Å². The molecule has 0 N–H and O–H groups in total. The molecule has 0 aliphatic rings. The van der Waals surface area contributed by atoms with Crippen molar-refractivity contribution in [2.24, 2.45) is 0 Å². The van der Waals surface area contributed by atoms with E-state index in [4.69, 9.17) is 9.47 Å². The van der Waals surface area contributed by atoms with E-state index in [0.717, 1.165) is 6.26 Å². The first-order chi connectivity index (χ1) is 8.86. The van der Waals surface area contributed by atoms with Crippen LogP contribution in [-0.4, -0.2) is 24.0 Å². The maximum absolute atomic E-state index is 11.0. The molecule has 0 heterocycles. The Balaban J connectivity index is 4.95. The van der Waals surface area contributed by atoms with Crippen LogP contribution < -0.4 is 0 Å². The van der Waals surface area contributed by atoms with Crippen molar-refractivity contribution >= 4 is 17.9 Å². The zero-order valence-corrected chi connectivity index (χ0v) is 11.5. The van der Waals surface area contributed by atoms with Crippen molar-refractivity contribution in [2.45, 2.75) is 40.2 Å². The van der Waals surface area contributed by atoms with Crippen LogP contribution in [0.15, 0.2) is 24.2 Å². The Hall–Kier alpha value is -2.11. The van der Waals surface area contributed by atoms with Gasteiger partial charge in [-0.2, -0.15) is 0 Å². The van der Waals surface area contributed by atoms with Crippen LogP contribution in [0.3, 0.4) is 0 Å². The van der Waals surface area contributed by atoms with Gasteiger partial charge in [-0.15, -0.1) is 0 Å². The fraction of sp³-hybridized carbons (Fsp3) is 0.462. The third-order valence-electron chi connectivity index (χ3n) is 1.91. The molecular formula is C13H18O6. The van der Waals surface area contributed by atoms with Gasteiger partial charge in [0.1, 0.15) is 12.4 Å². The summed E-state index contributed by atoms with van der Waals surface area (Å²) >= 11 is 0. The zero-order valence-electron chi connectivity index (χ0n) is 11.5. The highest BCUT2D eigenvalue weighted by molar-refractivity contribution is 5.68. The SMILES string of the molecule is CCC(OC(C)=O)C(/C=C\OC(C)=O)=C\OC(C)=O. The topological polar surface area (TPSA) is 78.9 Å². The van der Waals surface area contributed by atoms with E-state index >= 15 is 0 Å². The molecular weight excluding hydrogens is 252 g/mol. The molecule has 1 atom stereocenters. The lowest BCUT2D eigenvalue weighted by molar-refractivity contribution is -0.144. The molecule has 0 aromatic carbocycles. The second-order valence-electron chi connectivity index (χ2n) is 3.65. The summed E-state index contributed by atoms with van der Waals surface area (Å²) in [7, 11) is 0. The lowest BCUT2D eigenvalue weighted by atomic mass is 10.1. The molecule has 0 spiro atoms. The Morgan fingerprint density at radius 1 is 1.00 bits per heavy atom. The molecule has 0 amide bonds. The molecule has 0 saturated heterocycles. The summed E-state index contributed by atoms with van der Waals surface area (Å²) in [5.41, 5.74) is 0.411. The van der Waals surface area contributed by atoms with Gasteiger partial charge in [-0.3, -0.25) is 14.4 Å². The van der Waals surface area contributed by atoms with E-state index < -0.39 is 24.0 Å². The van der Waals surface area contributed by atoms with Crippen LogP contribution in [-0.2, 0) is 28.6 Å². The van der Waals surface area contributed by atoms with Crippen LogP contribution in [0.1, 0.15) is 34.1 Å². The van der Waals surface area contributed by atoms with Crippen LogP contribution in [0, 0.1) is 0 Å². The molecule has 0 aliphatic carbocycles. The molecule has 0 aromatic rings. The molecule has 1 unspecified atom stereocenters. The average molecular weight is 270 g/mol. The normalized spacial score (nSPS) is 12.9. The summed E-state index contributed by atoms with van der Waals surface area (Å²) in [5, 5.41) is 0. The Morgan fingerprint density at radius 3 is 2.00 bits per heavy atom. The second-order valence-corrected chi connectivity index (χ2v) is 3.65. The van der Waals surface area contributed by atoms with E-state index in [1.54, 1.807) is 6.92 Å². The average Bonchev–Trinajstić information content (AvgIpc) is 2.29. The van der Waals surface area contributed by atoms with Gasteiger partial charge < -0.3 is 14.2 Å². The van der Waals surface area contributed by atoms with Crippen LogP contribution >= 0.6 is 0 Å². The van der Waals surface area contributed by atoms with Gasteiger partial charge in [0.05, 0.1) is 6.26 Å². The predicted octanol–water partition coefficient (Wildman–Crippen LogP) is 1.85. The molecule has 0 fully saturated rings. The van der Waals surface area contributed by atoms with Gasteiger partial charge >= 0.3 is 17.9 Å². The first-order valence-electron chi connectivity index (χ1n) is 5.75. The molecule has 0 aliphatic heterocycles. The minimum atomic E-state index is -0.580. The predicted molar refractivity (Wildman–Crippen MR) is 66.6 cm³/mol. The third kappa shape index (κ3) is 8.59. The highest BCUT2D eigenvalue weighted by Crippen LogP contribution is 2.13. The number of carbonyl (C=O) groups excluding carboxylic acids is 3. The molecule has 6 nitrogen and oxygen atoms in total. The quantitative estimate of drug-likeness (QED) is 0.317. The van der Waals surface area contributed by atoms with Crippen LogP contribution in [0.4, 0.5) is 0 Å². The molecule has 0 rings (SSSR count). The number of hydrogen-bond donors (Lipinski definition) is 0. The maximum Gasteiger partial charge on any atom is 0.307 e. The highest BCUT2D eigenvalue weighted by Gasteiger charge is 2.14. The van der Waals surface area contributed by atoms with Gasteiger partial charge in [-0.1, -0.05) is 6.92 Å². The van der Waals surface area contributed by atoms with E-state index in [2.05, 4.69) is 4.74 Å². The van der Waals surface area contributed by atoms with Crippen molar-refractivity contribution in [1.29, 1.82) is 0 Å². The van der Waals surface area contributed by atoms with Crippen molar-refractivity contribution in [2.75, 3.05) is 0 Å². The van der Waals surface area contributed by atoms with E-state index in [9.17, 15) is 14.4 Å². The zero-order chi connectivity index (χ0) is 14.8. The monoisotopic (exact) mass is 270 g/mol. The summed E-state index contributed by atoms with van der Waals surface area (Å²) in [6, 6.07) is 0. The highest BCUT2D eigenvalue weighted by atomic mass is 16.5. The number of esters is 3. The van der Waals surface area contributed by atoms with E-state index in [0.29, 0.717) is 12.0 Å². The van der Waals surface area contributed by atoms with Crippen molar-refractivity contribution in [3.8, 4) is 0 Å². The van der Waals surface area contributed by atoms with Gasteiger partial charge in [0.15, 0.2) is 0 Å². The van der Waals surface area contributed by atoms with E-state index in [1.165, 1.54) is 33.1 Å². The standard InChI is InChI=1S/C13H18O6/c1-5-13(19-11(4)16)12(8-18-10(3)15)6-7-17-9(2)14/h6-8,13H,5H2,1-4H3/b7-6-,12-8-. The summed E-state index contributed by atoms with van der Waals surface area (Å²) in [6.45, 7) is 5.58. The first-order valence-corrected chi connectivity index (χ1v) is 5.75. The molecule has 106 valence electrons. The Kier molecular flexibility index (Phi) is 7.92. The molecule has 19 heavy (non-hydrogen) atoms. The number of ether oxygens (including phenoxy) is 3. The number of hydrogen-bond acceptors (Lipinski definition) is 6. The lowest BCUT2D eigenvalue weighted by Gasteiger charge is -2.15. The minimum absolute atomic E-state index is 0.411. The summed E-state index contributed by atoms with van der Waals surface area (Å²) in [4.78, 5) is 32.4. The molecule has 0 radical (unpaired) electrons.